The summed E-state index contributed by atoms with van der Waals surface area (Å²) in [6.07, 6.45) is 1.67. The highest BCUT2D eigenvalue weighted by Crippen LogP contribution is 2.43. The van der Waals surface area contributed by atoms with Crippen molar-refractivity contribution in [2.24, 2.45) is 0 Å². The Hall–Kier alpha value is -3.12. The van der Waals surface area contributed by atoms with Crippen LogP contribution in [0.15, 0.2) is 53.4 Å². The zero-order valence-corrected chi connectivity index (χ0v) is 24.8. The van der Waals surface area contributed by atoms with Gasteiger partial charge in [-0.2, -0.15) is 4.31 Å². The molecule has 0 aliphatic carbocycles. The zero-order valence-electron chi connectivity index (χ0n) is 22.3. The van der Waals surface area contributed by atoms with Crippen molar-refractivity contribution in [3.63, 3.8) is 0 Å². The number of rotatable bonds is 11. The summed E-state index contributed by atoms with van der Waals surface area (Å²) in [5.74, 6) is -0.878. The quantitative estimate of drug-likeness (QED) is 0.200. The normalized spacial score (nSPS) is 11.7. The Morgan fingerprint density at radius 3 is 2.38 bits per heavy atom. The Kier molecular flexibility index (Phi) is 9.16. The number of amides is 1. The molecule has 4 rings (SSSR count). The van der Waals surface area contributed by atoms with Crippen LogP contribution >= 0.6 is 22.7 Å². The summed E-state index contributed by atoms with van der Waals surface area (Å²) in [6, 6.07) is 13.6. The highest BCUT2D eigenvalue weighted by Gasteiger charge is 2.26. The Bertz CT molecular complexity index is 1560. The number of hydrogen-bond donors (Lipinski definition) is 1. The van der Waals surface area contributed by atoms with E-state index < -0.39 is 21.9 Å². The second kappa shape index (κ2) is 12.4. The van der Waals surface area contributed by atoms with Gasteiger partial charge in [0.1, 0.15) is 14.9 Å². The van der Waals surface area contributed by atoms with Gasteiger partial charge in [-0.15, -0.1) is 22.7 Å². The maximum atomic E-state index is 13.3. The lowest BCUT2D eigenvalue weighted by Gasteiger charge is -2.20. The first-order valence-electron chi connectivity index (χ1n) is 12.8. The number of esters is 1. The third-order valence-corrected chi connectivity index (χ3v) is 10.4. The number of unbranched alkanes of at least 4 members (excludes halogenated alkanes) is 1. The first-order valence-corrected chi connectivity index (χ1v) is 15.9. The van der Waals surface area contributed by atoms with E-state index in [2.05, 4.69) is 5.32 Å². The van der Waals surface area contributed by atoms with E-state index in [0.717, 1.165) is 34.4 Å². The van der Waals surface area contributed by atoms with Crippen molar-refractivity contribution in [3.05, 3.63) is 64.5 Å². The number of carbonyl (C=O) groups excluding carboxylic acids is 2. The van der Waals surface area contributed by atoms with Gasteiger partial charge in [0.05, 0.1) is 21.7 Å². The van der Waals surface area contributed by atoms with Crippen molar-refractivity contribution in [1.82, 2.24) is 9.29 Å². The van der Waals surface area contributed by atoms with Gasteiger partial charge < -0.3 is 10.1 Å². The number of ether oxygens (including phenoxy) is 1. The monoisotopic (exact) mass is 585 g/mol. The van der Waals surface area contributed by atoms with Gasteiger partial charge in [0.25, 0.3) is 5.91 Å². The lowest BCUT2D eigenvalue weighted by molar-refractivity contribution is 0.0531. The van der Waals surface area contributed by atoms with Crippen LogP contribution in [0.5, 0.6) is 0 Å². The van der Waals surface area contributed by atoms with E-state index in [4.69, 9.17) is 9.72 Å². The van der Waals surface area contributed by atoms with Crippen LogP contribution in [0.2, 0.25) is 0 Å². The first-order chi connectivity index (χ1) is 18.7. The van der Waals surface area contributed by atoms with Crippen molar-refractivity contribution in [2.45, 2.75) is 45.4 Å². The summed E-state index contributed by atoms with van der Waals surface area (Å²) in [7, 11) is -3.65. The van der Waals surface area contributed by atoms with E-state index in [1.165, 1.54) is 39.9 Å². The Morgan fingerprint density at radius 1 is 1.03 bits per heavy atom. The van der Waals surface area contributed by atoms with Crippen LogP contribution in [0.25, 0.3) is 20.8 Å². The van der Waals surface area contributed by atoms with Gasteiger partial charge in [0.15, 0.2) is 0 Å². The number of nitrogens with zero attached hydrogens (tertiary/aromatic N) is 2. The maximum absolute atomic E-state index is 13.3. The predicted octanol–water partition coefficient (Wildman–Crippen LogP) is 6.57. The van der Waals surface area contributed by atoms with Crippen molar-refractivity contribution >= 4 is 59.8 Å². The van der Waals surface area contributed by atoms with Crippen LogP contribution in [0.1, 0.15) is 59.2 Å². The topological polar surface area (TPSA) is 106 Å². The smallest absolute Gasteiger partial charge is 0.348 e. The number of thiophene rings is 1. The van der Waals surface area contributed by atoms with Gasteiger partial charge in [-0.25, -0.2) is 18.2 Å². The molecule has 8 nitrogen and oxygen atoms in total. The van der Waals surface area contributed by atoms with Crippen molar-refractivity contribution in [2.75, 3.05) is 25.0 Å². The standard InChI is InChI=1S/C28H31N3O5S3/c1-5-8-17-31(6-2)39(34,35)20-15-13-19(14-16-20)25(32)30-27-23(18(4)24(38-27)28(33)36-7-3)26-29-21-11-9-10-12-22(21)37-26/h9-16H,5-8,17H2,1-4H3,(H,30,32). The van der Waals surface area contributed by atoms with Crippen molar-refractivity contribution in [3.8, 4) is 10.6 Å². The number of sulfonamides is 1. The van der Waals surface area contributed by atoms with Crippen LogP contribution < -0.4 is 5.32 Å². The molecule has 0 saturated carbocycles. The number of hydrogen-bond acceptors (Lipinski definition) is 8. The van der Waals surface area contributed by atoms with Gasteiger partial charge in [-0.3, -0.25) is 4.79 Å². The van der Waals surface area contributed by atoms with Crippen LogP contribution in [0.3, 0.4) is 0 Å². The minimum Gasteiger partial charge on any atom is -0.462 e. The van der Waals surface area contributed by atoms with Gasteiger partial charge >= 0.3 is 5.97 Å². The number of nitrogens with one attached hydrogen (secondary N) is 1. The van der Waals surface area contributed by atoms with E-state index in [-0.39, 0.29) is 11.5 Å². The van der Waals surface area contributed by atoms with Crippen molar-refractivity contribution < 1.29 is 22.7 Å². The van der Waals surface area contributed by atoms with Gasteiger partial charge in [0, 0.05) is 24.2 Å². The lowest BCUT2D eigenvalue weighted by atomic mass is 10.1. The number of anilines is 1. The third kappa shape index (κ3) is 6.06. The molecule has 4 aromatic rings. The summed E-state index contributed by atoms with van der Waals surface area (Å²) in [5.41, 5.74) is 2.48. The van der Waals surface area contributed by atoms with E-state index in [9.17, 15) is 18.0 Å². The molecule has 0 aliphatic rings. The van der Waals surface area contributed by atoms with Gasteiger partial charge in [0.2, 0.25) is 10.0 Å². The summed E-state index contributed by atoms with van der Waals surface area (Å²) < 4.78 is 33.8. The molecule has 0 atom stereocenters. The summed E-state index contributed by atoms with van der Waals surface area (Å²) in [5, 5.41) is 4.09. The van der Waals surface area contributed by atoms with Crippen LogP contribution in [-0.2, 0) is 14.8 Å². The fourth-order valence-electron chi connectivity index (χ4n) is 4.11. The molecule has 206 valence electrons. The largest absolute Gasteiger partial charge is 0.462 e. The summed E-state index contributed by atoms with van der Waals surface area (Å²) in [6.45, 7) is 8.44. The number of carbonyl (C=O) groups is 2. The van der Waals surface area contributed by atoms with Crippen LogP contribution in [0, 0.1) is 6.92 Å². The third-order valence-electron chi connectivity index (χ3n) is 6.21. The number of benzene rings is 2. The summed E-state index contributed by atoms with van der Waals surface area (Å²) >= 11 is 2.62. The van der Waals surface area contributed by atoms with E-state index in [1.807, 2.05) is 45.0 Å². The lowest BCUT2D eigenvalue weighted by Crippen LogP contribution is -2.31. The molecule has 0 fully saturated rings. The van der Waals surface area contributed by atoms with Gasteiger partial charge in [-0.1, -0.05) is 32.4 Å². The predicted molar refractivity (Wildman–Crippen MR) is 157 cm³/mol. The number of fused-ring (bicyclic) bond motifs is 1. The second-order valence-corrected chi connectivity index (χ2v) is 12.8. The molecule has 2 heterocycles. The second-order valence-electron chi connectivity index (χ2n) is 8.80. The molecule has 0 bridgehead atoms. The minimum absolute atomic E-state index is 0.142. The molecule has 1 amide bonds. The SMILES string of the molecule is CCCCN(CC)S(=O)(=O)c1ccc(C(=O)Nc2sc(C(=O)OCC)c(C)c2-c2nc3ccccc3s2)cc1. The van der Waals surface area contributed by atoms with E-state index in [0.29, 0.717) is 44.7 Å². The van der Waals surface area contributed by atoms with Gasteiger partial charge in [-0.05, 0) is 62.2 Å². The van der Waals surface area contributed by atoms with E-state index >= 15 is 0 Å². The van der Waals surface area contributed by atoms with E-state index in [1.54, 1.807) is 6.92 Å². The Balaban J connectivity index is 1.66. The summed E-state index contributed by atoms with van der Waals surface area (Å²) in [4.78, 5) is 31.2. The molecule has 0 aliphatic heterocycles. The molecule has 39 heavy (non-hydrogen) atoms. The molecule has 0 spiro atoms. The Labute approximate surface area is 236 Å². The highest BCUT2D eigenvalue weighted by atomic mass is 32.2. The molecule has 2 aromatic carbocycles. The highest BCUT2D eigenvalue weighted by molar-refractivity contribution is 7.89. The molecule has 0 radical (unpaired) electrons. The zero-order chi connectivity index (χ0) is 28.2. The fourth-order valence-corrected chi connectivity index (χ4v) is 7.84. The molecular formula is C28H31N3O5S3. The molecule has 0 saturated heterocycles. The molecule has 1 N–H and O–H groups in total. The number of thiazole rings is 1. The number of para-hydroxylation sites is 1. The average Bonchev–Trinajstić information content (AvgIpc) is 3.49. The Morgan fingerprint density at radius 2 is 1.74 bits per heavy atom. The van der Waals surface area contributed by atoms with Crippen molar-refractivity contribution in [1.29, 1.82) is 0 Å². The number of aromatic nitrogens is 1. The average molecular weight is 586 g/mol. The molecule has 0 unspecified atom stereocenters. The molecule has 2 aromatic heterocycles. The van der Waals surface area contributed by atoms with Crippen LogP contribution in [0.4, 0.5) is 5.00 Å². The first kappa shape index (κ1) is 28.9. The molecule has 11 heteroatoms. The fraction of sp³-hybridized carbons (Fsp3) is 0.321. The maximum Gasteiger partial charge on any atom is 0.348 e. The molecular weight excluding hydrogens is 555 g/mol. The minimum atomic E-state index is -3.65. The van der Waals surface area contributed by atoms with Crippen LogP contribution in [-0.4, -0.2) is 49.3 Å².